The highest BCUT2D eigenvalue weighted by molar-refractivity contribution is 5.99. The van der Waals surface area contributed by atoms with Crippen molar-refractivity contribution in [3.8, 4) is 0 Å². The van der Waals surface area contributed by atoms with Crippen LogP contribution < -0.4 is 21.7 Å². The van der Waals surface area contributed by atoms with Crippen LogP contribution in [0.15, 0.2) is 42.6 Å². The molecule has 0 saturated carbocycles. The van der Waals surface area contributed by atoms with E-state index >= 15 is 0 Å². The average Bonchev–Trinajstić information content (AvgIpc) is 2.59. The molecule has 134 valence electrons. The summed E-state index contributed by atoms with van der Waals surface area (Å²) in [5, 5.41) is 15.9. The van der Waals surface area contributed by atoms with E-state index in [1.54, 1.807) is 30.3 Å². The van der Waals surface area contributed by atoms with Crippen molar-refractivity contribution < 1.29 is 24.3 Å². The molecule has 0 aromatic heterocycles. The first kappa shape index (κ1) is 19.8. The fraction of sp³-hybridized carbons (Fsp3) is 0.250. The lowest BCUT2D eigenvalue weighted by molar-refractivity contribution is -0.141. The van der Waals surface area contributed by atoms with Gasteiger partial charge < -0.3 is 26.8 Å². The molecule has 9 heteroatoms. The van der Waals surface area contributed by atoms with Crippen molar-refractivity contribution in [1.82, 2.24) is 16.0 Å². The van der Waals surface area contributed by atoms with Crippen LogP contribution in [0.25, 0.3) is 0 Å². The molecule has 0 aliphatic rings. The van der Waals surface area contributed by atoms with E-state index in [1.807, 2.05) is 0 Å². The molecule has 25 heavy (non-hydrogen) atoms. The highest BCUT2D eigenvalue weighted by atomic mass is 16.4. The zero-order valence-corrected chi connectivity index (χ0v) is 13.5. The van der Waals surface area contributed by atoms with Crippen LogP contribution in [0.1, 0.15) is 5.56 Å². The van der Waals surface area contributed by atoms with Crippen LogP contribution in [0.5, 0.6) is 0 Å². The van der Waals surface area contributed by atoms with E-state index in [1.165, 1.54) is 0 Å². The van der Waals surface area contributed by atoms with Crippen LogP contribution >= 0.6 is 0 Å². The van der Waals surface area contributed by atoms with Gasteiger partial charge in [0.1, 0.15) is 6.04 Å². The monoisotopic (exact) mass is 348 g/mol. The minimum atomic E-state index is -1.22. The summed E-state index contributed by atoms with van der Waals surface area (Å²) in [4.78, 5) is 45.8. The van der Waals surface area contributed by atoms with Gasteiger partial charge in [0.05, 0.1) is 18.8 Å². The van der Waals surface area contributed by atoms with Crippen molar-refractivity contribution in [1.29, 1.82) is 0 Å². The largest absolute Gasteiger partial charge is 0.480 e. The Bertz CT molecular complexity index is 660. The second-order valence-electron chi connectivity index (χ2n) is 5.06. The standard InChI is InChI=1S/C16H20N4O5/c1-10(19-14(22)9-18-13(21)8-17)15(23)20-12(16(24)25)7-11-5-3-2-4-6-11/h2-6,12H,1,7-9,17H2,(H,18,21)(H,19,22)(H,20,23)(H,24,25)/t12-/m0/s1. The van der Waals surface area contributed by atoms with Gasteiger partial charge in [0.2, 0.25) is 11.8 Å². The van der Waals surface area contributed by atoms with Crippen molar-refractivity contribution in [2.24, 2.45) is 5.73 Å². The van der Waals surface area contributed by atoms with Gasteiger partial charge in [0, 0.05) is 6.42 Å². The molecule has 0 spiro atoms. The minimum absolute atomic E-state index is 0.0791. The Kier molecular flexibility index (Phi) is 7.80. The molecule has 1 atom stereocenters. The second-order valence-corrected chi connectivity index (χ2v) is 5.06. The number of amides is 3. The number of hydrogen-bond acceptors (Lipinski definition) is 5. The molecule has 9 nitrogen and oxygen atoms in total. The van der Waals surface area contributed by atoms with Crippen LogP contribution in [-0.2, 0) is 25.6 Å². The maximum Gasteiger partial charge on any atom is 0.326 e. The van der Waals surface area contributed by atoms with Gasteiger partial charge in [-0.15, -0.1) is 0 Å². The maximum atomic E-state index is 12.0. The fourth-order valence-electron chi connectivity index (χ4n) is 1.82. The molecule has 1 aromatic rings. The molecule has 1 rings (SSSR count). The number of aliphatic carboxylic acids is 1. The molecular formula is C16H20N4O5. The van der Waals surface area contributed by atoms with Crippen molar-refractivity contribution in [2.75, 3.05) is 13.1 Å². The molecule has 0 radical (unpaired) electrons. The Hall–Kier alpha value is -3.20. The van der Waals surface area contributed by atoms with Crippen LogP contribution in [0.3, 0.4) is 0 Å². The smallest absolute Gasteiger partial charge is 0.326 e. The second kappa shape index (κ2) is 9.83. The molecule has 0 aliphatic heterocycles. The van der Waals surface area contributed by atoms with Crippen molar-refractivity contribution in [2.45, 2.75) is 12.5 Å². The number of hydrogen-bond donors (Lipinski definition) is 5. The molecule has 0 fully saturated rings. The van der Waals surface area contributed by atoms with E-state index in [4.69, 9.17) is 5.73 Å². The summed E-state index contributed by atoms with van der Waals surface area (Å²) in [5.74, 6) is -3.26. The van der Waals surface area contributed by atoms with Crippen LogP contribution in [-0.4, -0.2) is 47.9 Å². The number of carbonyl (C=O) groups is 4. The first-order valence-electron chi connectivity index (χ1n) is 7.36. The van der Waals surface area contributed by atoms with E-state index < -0.39 is 29.7 Å². The molecule has 6 N–H and O–H groups in total. The Balaban J connectivity index is 2.55. The van der Waals surface area contributed by atoms with Gasteiger partial charge in [-0.3, -0.25) is 14.4 Å². The molecule has 0 unspecified atom stereocenters. The van der Waals surface area contributed by atoms with Gasteiger partial charge in [-0.2, -0.15) is 0 Å². The zero-order chi connectivity index (χ0) is 18.8. The van der Waals surface area contributed by atoms with E-state index in [0.717, 1.165) is 5.56 Å². The number of rotatable bonds is 9. The van der Waals surface area contributed by atoms with Crippen LogP contribution in [0.4, 0.5) is 0 Å². The van der Waals surface area contributed by atoms with E-state index in [-0.39, 0.29) is 25.2 Å². The quantitative estimate of drug-likeness (QED) is 0.343. The predicted octanol–water partition coefficient (Wildman–Crippen LogP) is -1.50. The third-order valence-electron chi connectivity index (χ3n) is 3.08. The summed E-state index contributed by atoms with van der Waals surface area (Å²) >= 11 is 0. The van der Waals surface area contributed by atoms with Gasteiger partial charge in [0.15, 0.2) is 0 Å². The molecule has 0 bridgehead atoms. The van der Waals surface area contributed by atoms with Gasteiger partial charge in [0.25, 0.3) is 5.91 Å². The Labute approximate surface area is 144 Å². The summed E-state index contributed by atoms with van der Waals surface area (Å²) in [7, 11) is 0. The third-order valence-corrected chi connectivity index (χ3v) is 3.08. The SMILES string of the molecule is C=C(NC(=O)CNC(=O)CN)C(=O)N[C@@H](Cc1ccccc1)C(=O)O. The first-order valence-corrected chi connectivity index (χ1v) is 7.36. The van der Waals surface area contributed by atoms with Gasteiger partial charge in [-0.25, -0.2) is 4.79 Å². The lowest BCUT2D eigenvalue weighted by Crippen LogP contribution is -2.46. The molecule has 0 saturated heterocycles. The summed E-state index contributed by atoms with van der Waals surface area (Å²) in [6, 6.07) is 7.59. The molecule has 3 amide bonds. The highest BCUT2D eigenvalue weighted by Gasteiger charge is 2.22. The van der Waals surface area contributed by atoms with Gasteiger partial charge >= 0.3 is 5.97 Å². The predicted molar refractivity (Wildman–Crippen MR) is 89.1 cm³/mol. The minimum Gasteiger partial charge on any atom is -0.480 e. The lowest BCUT2D eigenvalue weighted by Gasteiger charge is -2.16. The molecule has 1 aromatic carbocycles. The Morgan fingerprint density at radius 2 is 1.76 bits per heavy atom. The fourth-order valence-corrected chi connectivity index (χ4v) is 1.82. The summed E-state index contributed by atoms with van der Waals surface area (Å²) in [6.45, 7) is 2.74. The third kappa shape index (κ3) is 7.27. The van der Waals surface area contributed by atoms with Gasteiger partial charge in [-0.1, -0.05) is 36.9 Å². The van der Waals surface area contributed by atoms with Crippen molar-refractivity contribution in [3.63, 3.8) is 0 Å². The average molecular weight is 348 g/mol. The normalized spacial score (nSPS) is 11.1. The van der Waals surface area contributed by atoms with E-state index in [9.17, 15) is 24.3 Å². The summed E-state index contributed by atoms with van der Waals surface area (Å²) in [6.07, 6.45) is 0.0791. The van der Waals surface area contributed by atoms with Crippen molar-refractivity contribution in [3.05, 3.63) is 48.2 Å². The molecular weight excluding hydrogens is 328 g/mol. The number of carboxylic acids is 1. The molecule has 0 heterocycles. The van der Waals surface area contributed by atoms with E-state index in [0.29, 0.717) is 0 Å². The maximum absolute atomic E-state index is 12.0. The lowest BCUT2D eigenvalue weighted by atomic mass is 10.1. The topological polar surface area (TPSA) is 151 Å². The van der Waals surface area contributed by atoms with Crippen LogP contribution in [0.2, 0.25) is 0 Å². The summed E-state index contributed by atoms with van der Waals surface area (Å²) < 4.78 is 0. The van der Waals surface area contributed by atoms with Crippen LogP contribution in [0, 0.1) is 0 Å². The number of nitrogens with two attached hydrogens (primary N) is 1. The summed E-state index contributed by atoms with van der Waals surface area (Å²) in [5.41, 5.74) is 5.48. The highest BCUT2D eigenvalue weighted by Crippen LogP contribution is 2.04. The van der Waals surface area contributed by atoms with E-state index in [2.05, 4.69) is 22.5 Å². The Morgan fingerprint density at radius 3 is 2.32 bits per heavy atom. The first-order chi connectivity index (χ1) is 11.8. The van der Waals surface area contributed by atoms with Gasteiger partial charge in [-0.05, 0) is 5.56 Å². The zero-order valence-electron chi connectivity index (χ0n) is 13.5. The Morgan fingerprint density at radius 1 is 1.12 bits per heavy atom. The van der Waals surface area contributed by atoms with Crippen molar-refractivity contribution >= 4 is 23.7 Å². The number of nitrogens with one attached hydrogen (secondary N) is 3. The number of carboxylic acid groups (broad SMARTS) is 1. The number of benzene rings is 1. The number of carbonyl (C=O) groups excluding carboxylic acids is 3. The molecule has 0 aliphatic carbocycles.